The quantitative estimate of drug-likeness (QED) is 0.208. The minimum absolute atomic E-state index is 0.149. The molecule has 220 valence electrons. The lowest BCUT2D eigenvalue weighted by molar-refractivity contribution is -0.122. The summed E-state index contributed by atoms with van der Waals surface area (Å²) in [5, 5.41) is 2.32. The first-order valence-electron chi connectivity index (χ1n) is 14.6. The van der Waals surface area contributed by atoms with Crippen molar-refractivity contribution in [1.82, 2.24) is 5.32 Å². The molecule has 3 aromatic rings. The number of hydrogen-bond acceptors (Lipinski definition) is 4. The summed E-state index contributed by atoms with van der Waals surface area (Å²) < 4.78 is 20.3. The van der Waals surface area contributed by atoms with E-state index >= 15 is 0 Å². The summed E-state index contributed by atoms with van der Waals surface area (Å²) in [5.74, 6) is 1.21. The van der Waals surface area contributed by atoms with Crippen LogP contribution in [0.4, 0.5) is 14.9 Å². The molecule has 1 N–H and O–H groups in total. The van der Waals surface area contributed by atoms with Gasteiger partial charge in [-0.15, -0.1) is 0 Å². The number of carbonyl (C=O) groups excluding carboxylic acids is 3. The Morgan fingerprint density at radius 2 is 1.47 bits per heavy atom. The average molecular weight is 708 g/mol. The lowest BCUT2D eigenvalue weighted by Gasteiger charge is -2.57. The first-order chi connectivity index (χ1) is 20.7. The summed E-state index contributed by atoms with van der Waals surface area (Å²) in [7, 11) is 0. The SMILES string of the molecule is O=C1NC(=O)N(c2ccc(C34CC5CC(CC(C5)C3)C4)cc2)C(=O)/C1=C/c1cc(Br)c(OCc2ccc(F)cc2)c(Br)c1. The van der Waals surface area contributed by atoms with Gasteiger partial charge in [0.15, 0.2) is 0 Å². The van der Waals surface area contributed by atoms with Crippen molar-refractivity contribution in [3.8, 4) is 5.75 Å². The number of anilines is 1. The van der Waals surface area contributed by atoms with Crippen LogP contribution in [0.3, 0.4) is 0 Å². The second-order valence-corrected chi connectivity index (χ2v) is 14.1. The van der Waals surface area contributed by atoms with Crippen molar-refractivity contribution in [2.75, 3.05) is 4.90 Å². The fraction of sp³-hybridized carbons (Fsp3) is 0.324. The smallest absolute Gasteiger partial charge is 0.335 e. The second-order valence-electron chi connectivity index (χ2n) is 12.4. The highest BCUT2D eigenvalue weighted by molar-refractivity contribution is 9.11. The molecule has 9 heteroatoms. The lowest BCUT2D eigenvalue weighted by Crippen LogP contribution is -2.54. The topological polar surface area (TPSA) is 75.7 Å². The number of rotatable bonds is 6. The Balaban J connectivity index is 1.11. The first kappa shape index (κ1) is 28.5. The monoisotopic (exact) mass is 706 g/mol. The van der Waals surface area contributed by atoms with E-state index in [0.717, 1.165) is 28.2 Å². The molecule has 5 fully saturated rings. The molecule has 3 aromatic carbocycles. The van der Waals surface area contributed by atoms with E-state index in [4.69, 9.17) is 4.74 Å². The van der Waals surface area contributed by atoms with Gasteiger partial charge in [-0.1, -0.05) is 24.3 Å². The zero-order chi connectivity index (χ0) is 29.9. The summed E-state index contributed by atoms with van der Waals surface area (Å²) in [5.41, 5.74) is 3.13. The van der Waals surface area contributed by atoms with Crippen LogP contribution in [0.2, 0.25) is 0 Å². The van der Waals surface area contributed by atoms with Crippen molar-refractivity contribution in [1.29, 1.82) is 0 Å². The van der Waals surface area contributed by atoms with E-state index in [2.05, 4.69) is 49.3 Å². The largest absolute Gasteiger partial charge is 0.487 e. The van der Waals surface area contributed by atoms with Crippen LogP contribution in [0, 0.1) is 23.6 Å². The van der Waals surface area contributed by atoms with Gasteiger partial charge in [-0.25, -0.2) is 14.1 Å². The van der Waals surface area contributed by atoms with Crippen LogP contribution in [0.5, 0.6) is 5.75 Å². The fourth-order valence-electron chi connectivity index (χ4n) is 8.02. The van der Waals surface area contributed by atoms with Crippen molar-refractivity contribution in [3.63, 3.8) is 0 Å². The number of barbiturate groups is 1. The lowest BCUT2D eigenvalue weighted by atomic mass is 9.48. The van der Waals surface area contributed by atoms with Gasteiger partial charge in [0.25, 0.3) is 11.8 Å². The van der Waals surface area contributed by atoms with Gasteiger partial charge in [-0.05, 0) is 153 Å². The third kappa shape index (κ3) is 5.35. The number of halogens is 3. The molecular formula is C34H29Br2FN2O4. The van der Waals surface area contributed by atoms with Crippen molar-refractivity contribution in [2.24, 2.45) is 17.8 Å². The van der Waals surface area contributed by atoms with Crippen LogP contribution >= 0.6 is 31.9 Å². The summed E-state index contributed by atoms with van der Waals surface area (Å²) in [4.78, 5) is 40.3. The number of amides is 4. The maximum absolute atomic E-state index is 13.6. The maximum Gasteiger partial charge on any atom is 0.335 e. The number of ether oxygens (including phenoxy) is 1. The zero-order valence-electron chi connectivity index (χ0n) is 23.2. The van der Waals surface area contributed by atoms with Gasteiger partial charge < -0.3 is 4.74 Å². The van der Waals surface area contributed by atoms with Gasteiger partial charge in [0, 0.05) is 0 Å². The number of nitrogens with zero attached hydrogens (tertiary/aromatic N) is 1. The molecule has 0 unspecified atom stereocenters. The number of imide groups is 2. The van der Waals surface area contributed by atoms with E-state index in [0.29, 0.717) is 25.9 Å². The second kappa shape index (κ2) is 11.0. The third-order valence-electron chi connectivity index (χ3n) is 9.51. The van der Waals surface area contributed by atoms with E-state index in [9.17, 15) is 18.8 Å². The van der Waals surface area contributed by atoms with Crippen molar-refractivity contribution < 1.29 is 23.5 Å². The predicted molar refractivity (Wildman–Crippen MR) is 168 cm³/mol. The van der Waals surface area contributed by atoms with Crippen LogP contribution in [0.15, 0.2) is 75.2 Å². The van der Waals surface area contributed by atoms with E-state index in [-0.39, 0.29) is 23.4 Å². The summed E-state index contributed by atoms with van der Waals surface area (Å²) in [6.07, 6.45) is 9.23. The molecule has 4 aliphatic carbocycles. The Morgan fingerprint density at radius 1 is 0.884 bits per heavy atom. The fourth-order valence-corrected chi connectivity index (χ4v) is 9.47. The maximum atomic E-state index is 13.6. The molecule has 0 radical (unpaired) electrons. The molecule has 0 spiro atoms. The van der Waals surface area contributed by atoms with Gasteiger partial charge in [-0.3, -0.25) is 14.9 Å². The molecule has 0 atom stereocenters. The Kier molecular flexibility index (Phi) is 7.29. The van der Waals surface area contributed by atoms with Crippen LogP contribution in [0.25, 0.3) is 6.08 Å². The van der Waals surface area contributed by atoms with Crippen molar-refractivity contribution in [2.45, 2.75) is 50.5 Å². The Labute approximate surface area is 265 Å². The van der Waals surface area contributed by atoms with E-state index in [1.807, 2.05) is 12.1 Å². The zero-order valence-corrected chi connectivity index (χ0v) is 26.4. The number of benzene rings is 3. The van der Waals surface area contributed by atoms with Crippen LogP contribution in [-0.2, 0) is 21.6 Å². The van der Waals surface area contributed by atoms with Crippen LogP contribution < -0.4 is 15.0 Å². The molecule has 4 saturated carbocycles. The van der Waals surface area contributed by atoms with Crippen LogP contribution in [-0.4, -0.2) is 17.8 Å². The minimum atomic E-state index is -0.762. The third-order valence-corrected chi connectivity index (χ3v) is 10.7. The molecule has 1 aliphatic heterocycles. The highest BCUT2D eigenvalue weighted by atomic mass is 79.9. The van der Waals surface area contributed by atoms with Gasteiger partial charge >= 0.3 is 6.03 Å². The van der Waals surface area contributed by atoms with Gasteiger partial charge in [0.1, 0.15) is 23.7 Å². The number of hydrogen-bond donors (Lipinski definition) is 1. The molecule has 8 rings (SSSR count). The molecule has 1 saturated heterocycles. The molecule has 0 aromatic heterocycles. The molecule has 6 nitrogen and oxygen atoms in total. The number of carbonyl (C=O) groups is 3. The normalized spacial score (nSPS) is 27.1. The van der Waals surface area contributed by atoms with Gasteiger partial charge in [0.05, 0.1) is 14.6 Å². The number of nitrogens with one attached hydrogen (secondary N) is 1. The molecule has 4 amide bonds. The standard InChI is InChI=1S/C34H29Br2FN2O4/c35-28-13-20(14-29(36)30(28)43-18-19-1-5-25(37)6-2-19)12-27-31(40)38-33(42)39(32(27)41)26-7-3-24(4-8-26)34-15-21-9-22(16-34)11-23(10-21)17-34/h1-8,12-14,21-23H,9-11,15-18H2,(H,38,40,42)/b27-12+. The number of urea groups is 1. The molecule has 5 aliphatic rings. The predicted octanol–water partition coefficient (Wildman–Crippen LogP) is 8.06. The van der Waals surface area contributed by atoms with E-state index in [1.54, 1.807) is 24.3 Å². The summed E-state index contributed by atoms with van der Waals surface area (Å²) in [6.45, 7) is 0.220. The van der Waals surface area contributed by atoms with Crippen LogP contribution in [0.1, 0.15) is 55.2 Å². The van der Waals surface area contributed by atoms with E-state index < -0.39 is 17.8 Å². The Bertz CT molecular complexity index is 1610. The summed E-state index contributed by atoms with van der Waals surface area (Å²) in [6, 6.07) is 16.5. The van der Waals surface area contributed by atoms with Crippen molar-refractivity contribution >= 4 is 61.5 Å². The van der Waals surface area contributed by atoms with Gasteiger partial charge in [0.2, 0.25) is 0 Å². The average Bonchev–Trinajstić information content (AvgIpc) is 2.95. The Hall–Kier alpha value is -3.30. The minimum Gasteiger partial charge on any atom is -0.487 e. The highest BCUT2D eigenvalue weighted by Gasteiger charge is 2.51. The van der Waals surface area contributed by atoms with Crippen molar-refractivity contribution in [3.05, 3.63) is 97.7 Å². The molecule has 43 heavy (non-hydrogen) atoms. The Morgan fingerprint density at radius 3 is 2.05 bits per heavy atom. The molecule has 1 heterocycles. The first-order valence-corrected chi connectivity index (χ1v) is 16.1. The van der Waals surface area contributed by atoms with E-state index in [1.165, 1.54) is 62.3 Å². The highest BCUT2D eigenvalue weighted by Crippen LogP contribution is 2.60. The van der Waals surface area contributed by atoms with Gasteiger partial charge in [-0.2, -0.15) is 0 Å². The summed E-state index contributed by atoms with van der Waals surface area (Å²) >= 11 is 7.01. The molecular weight excluding hydrogens is 679 g/mol. The molecule has 4 bridgehead atoms.